The predicted octanol–water partition coefficient (Wildman–Crippen LogP) is 5.16. The molecule has 6 nitrogen and oxygen atoms in total. The summed E-state index contributed by atoms with van der Waals surface area (Å²) in [6, 6.07) is 21.0. The molecule has 0 bridgehead atoms. The number of carbonyl (C=O) groups excluding carboxylic acids is 1. The number of para-hydroxylation sites is 1. The molecule has 2 aromatic heterocycles. The highest BCUT2D eigenvalue weighted by Crippen LogP contribution is 2.27. The molecule has 0 atom stereocenters. The van der Waals surface area contributed by atoms with Crippen molar-refractivity contribution in [2.24, 2.45) is 0 Å². The van der Waals surface area contributed by atoms with Crippen LogP contribution in [0.5, 0.6) is 0 Å². The molecule has 1 aliphatic rings. The molecule has 3 heterocycles. The molecule has 33 heavy (non-hydrogen) atoms. The summed E-state index contributed by atoms with van der Waals surface area (Å²) in [4.78, 5) is 18.4. The highest BCUT2D eigenvalue weighted by Gasteiger charge is 2.23. The molecular weight excluding hydrogens is 410 g/mol. The zero-order valence-electron chi connectivity index (χ0n) is 18.9. The van der Waals surface area contributed by atoms with Gasteiger partial charge in [-0.05, 0) is 42.9 Å². The van der Waals surface area contributed by atoms with Crippen molar-refractivity contribution in [3.8, 4) is 0 Å². The summed E-state index contributed by atoms with van der Waals surface area (Å²) < 4.78 is 2.01. The first-order chi connectivity index (χ1) is 16.3. The van der Waals surface area contributed by atoms with Crippen LogP contribution in [0, 0.1) is 0 Å². The number of hydrogen-bond acceptors (Lipinski definition) is 3. The van der Waals surface area contributed by atoms with Crippen LogP contribution < -0.4 is 5.32 Å². The number of likely N-dealkylation sites (tertiary alicyclic amines) is 1. The fourth-order valence-corrected chi connectivity index (χ4v) is 4.83. The van der Waals surface area contributed by atoms with Crippen LogP contribution in [-0.2, 0) is 17.8 Å². The van der Waals surface area contributed by atoms with Gasteiger partial charge in [0.15, 0.2) is 0 Å². The van der Waals surface area contributed by atoms with Crippen LogP contribution in [-0.4, -0.2) is 38.7 Å². The first kappa shape index (κ1) is 21.5. The van der Waals surface area contributed by atoms with E-state index in [0.717, 1.165) is 51.1 Å². The lowest BCUT2D eigenvalue weighted by atomic mass is 10.0. The van der Waals surface area contributed by atoms with Crippen LogP contribution in [0.25, 0.3) is 10.9 Å². The molecule has 0 unspecified atom stereocenters. The Morgan fingerprint density at radius 2 is 1.82 bits per heavy atom. The quantitative estimate of drug-likeness (QED) is 0.397. The van der Waals surface area contributed by atoms with Crippen LogP contribution >= 0.6 is 0 Å². The summed E-state index contributed by atoms with van der Waals surface area (Å²) in [6.07, 6.45) is 8.26. The fourth-order valence-electron chi connectivity index (χ4n) is 4.83. The monoisotopic (exact) mass is 441 g/mol. The molecule has 2 N–H and O–H groups in total. The molecular formula is C27H31N5O. The normalized spacial score (nSPS) is 15.2. The number of aromatic nitrogens is 3. The first-order valence-electron chi connectivity index (χ1n) is 11.9. The summed E-state index contributed by atoms with van der Waals surface area (Å²) in [5.41, 5.74) is 3.82. The maximum Gasteiger partial charge on any atom is 0.225 e. The Morgan fingerprint density at radius 1 is 1.03 bits per heavy atom. The molecule has 4 aromatic rings. The molecule has 2 aromatic carbocycles. The molecule has 0 radical (unpaired) electrons. The maximum absolute atomic E-state index is 12.5. The molecule has 5 rings (SSSR count). The molecule has 1 amide bonds. The minimum Gasteiger partial charge on any atom is -0.361 e. The summed E-state index contributed by atoms with van der Waals surface area (Å²) in [5, 5.41) is 8.94. The molecule has 0 spiro atoms. The lowest BCUT2D eigenvalue weighted by molar-refractivity contribution is -0.116. The summed E-state index contributed by atoms with van der Waals surface area (Å²) in [5.74, 6) is 0.874. The topological polar surface area (TPSA) is 66.0 Å². The summed E-state index contributed by atoms with van der Waals surface area (Å²) in [6.45, 7) is 3.00. The van der Waals surface area contributed by atoms with Gasteiger partial charge in [0.1, 0.15) is 5.82 Å². The van der Waals surface area contributed by atoms with E-state index in [1.165, 1.54) is 22.0 Å². The number of nitrogens with one attached hydrogen (secondary N) is 2. The minimum absolute atomic E-state index is 0.0597. The van der Waals surface area contributed by atoms with Crippen LogP contribution in [0.15, 0.2) is 73.1 Å². The van der Waals surface area contributed by atoms with Gasteiger partial charge in [-0.25, -0.2) is 4.68 Å². The van der Waals surface area contributed by atoms with Gasteiger partial charge < -0.3 is 10.3 Å². The summed E-state index contributed by atoms with van der Waals surface area (Å²) in [7, 11) is 0. The number of anilines is 1. The summed E-state index contributed by atoms with van der Waals surface area (Å²) >= 11 is 0. The van der Waals surface area contributed by atoms with Crippen molar-refractivity contribution in [2.75, 3.05) is 18.4 Å². The zero-order valence-corrected chi connectivity index (χ0v) is 18.9. The Hall–Kier alpha value is -3.38. The Morgan fingerprint density at radius 3 is 2.67 bits per heavy atom. The number of fused-ring (bicyclic) bond motifs is 1. The largest absolute Gasteiger partial charge is 0.361 e. The number of benzene rings is 2. The second-order valence-electron chi connectivity index (χ2n) is 8.92. The third-order valence-electron chi connectivity index (χ3n) is 6.62. The van der Waals surface area contributed by atoms with Gasteiger partial charge in [-0.3, -0.25) is 9.69 Å². The standard InChI is InChI=1S/C27H31N5O/c33-27(12-6-9-21-7-2-1-3-8-21)30-26-13-16-29-32(26)23-14-17-31(18-15-23)20-22-19-28-25-11-5-4-10-24(22)25/h1-5,7-8,10-11,13,16,19,23,28H,6,9,12,14-15,17-18,20H2,(H,30,33). The van der Waals surface area contributed by atoms with E-state index in [0.29, 0.717) is 12.5 Å². The molecule has 1 aliphatic heterocycles. The van der Waals surface area contributed by atoms with Crippen molar-refractivity contribution >= 4 is 22.6 Å². The highest BCUT2D eigenvalue weighted by molar-refractivity contribution is 5.89. The van der Waals surface area contributed by atoms with Gasteiger partial charge in [-0.1, -0.05) is 48.5 Å². The SMILES string of the molecule is O=C(CCCc1ccccc1)Nc1ccnn1C1CCN(Cc2c[nH]c3ccccc23)CC1. The minimum atomic E-state index is 0.0597. The molecule has 170 valence electrons. The van der Waals surface area contributed by atoms with Gasteiger partial charge in [-0.2, -0.15) is 5.10 Å². The maximum atomic E-state index is 12.5. The molecule has 6 heteroatoms. The lowest BCUT2D eigenvalue weighted by Crippen LogP contribution is -2.35. The van der Waals surface area contributed by atoms with Gasteiger partial charge in [0, 0.05) is 49.2 Å². The first-order valence-corrected chi connectivity index (χ1v) is 11.9. The fraction of sp³-hybridized carbons (Fsp3) is 0.333. The average Bonchev–Trinajstić information content (AvgIpc) is 3.48. The highest BCUT2D eigenvalue weighted by atomic mass is 16.1. The second kappa shape index (κ2) is 10.0. The van der Waals surface area contributed by atoms with E-state index in [4.69, 9.17) is 0 Å². The van der Waals surface area contributed by atoms with Gasteiger partial charge in [0.2, 0.25) is 5.91 Å². The van der Waals surface area contributed by atoms with Crippen LogP contribution in [0.4, 0.5) is 5.82 Å². The lowest BCUT2D eigenvalue weighted by Gasteiger charge is -2.32. The number of piperidine rings is 1. The average molecular weight is 442 g/mol. The smallest absolute Gasteiger partial charge is 0.225 e. The van der Waals surface area contributed by atoms with E-state index in [9.17, 15) is 4.79 Å². The Labute approximate surface area is 194 Å². The van der Waals surface area contributed by atoms with E-state index < -0.39 is 0 Å². The van der Waals surface area contributed by atoms with Crippen LogP contribution in [0.2, 0.25) is 0 Å². The number of nitrogens with zero attached hydrogens (tertiary/aromatic N) is 3. The number of rotatable bonds is 8. The van der Waals surface area contributed by atoms with Crippen molar-refractivity contribution in [3.63, 3.8) is 0 Å². The van der Waals surface area contributed by atoms with E-state index in [1.54, 1.807) is 6.20 Å². The molecule has 1 saturated heterocycles. The van der Waals surface area contributed by atoms with Gasteiger partial charge in [0.05, 0.1) is 12.2 Å². The molecule has 0 aliphatic carbocycles. The van der Waals surface area contributed by atoms with Gasteiger partial charge >= 0.3 is 0 Å². The Bertz CT molecular complexity index is 1190. The van der Waals surface area contributed by atoms with Crippen LogP contribution in [0.1, 0.15) is 42.9 Å². The number of carbonyl (C=O) groups is 1. The van der Waals surface area contributed by atoms with Crippen molar-refractivity contribution in [1.82, 2.24) is 19.7 Å². The van der Waals surface area contributed by atoms with Crippen molar-refractivity contribution in [3.05, 3.63) is 84.2 Å². The number of hydrogen-bond donors (Lipinski definition) is 2. The Kier molecular flexibility index (Phi) is 6.53. The molecule has 0 saturated carbocycles. The van der Waals surface area contributed by atoms with E-state index in [1.807, 2.05) is 28.9 Å². The Balaban J connectivity index is 1.12. The third kappa shape index (κ3) is 5.17. The number of H-pyrrole nitrogens is 1. The number of amides is 1. The number of aryl methyl sites for hydroxylation is 1. The molecule has 1 fully saturated rings. The van der Waals surface area contributed by atoms with E-state index in [2.05, 4.69) is 62.9 Å². The van der Waals surface area contributed by atoms with Crippen molar-refractivity contribution < 1.29 is 4.79 Å². The predicted molar refractivity (Wildman–Crippen MR) is 132 cm³/mol. The van der Waals surface area contributed by atoms with Crippen molar-refractivity contribution in [2.45, 2.75) is 44.7 Å². The van der Waals surface area contributed by atoms with Crippen molar-refractivity contribution in [1.29, 1.82) is 0 Å². The van der Waals surface area contributed by atoms with Gasteiger partial charge in [-0.15, -0.1) is 0 Å². The van der Waals surface area contributed by atoms with E-state index >= 15 is 0 Å². The number of aromatic amines is 1. The van der Waals surface area contributed by atoms with Crippen LogP contribution in [0.3, 0.4) is 0 Å². The second-order valence-corrected chi connectivity index (χ2v) is 8.92. The third-order valence-corrected chi connectivity index (χ3v) is 6.62. The van der Waals surface area contributed by atoms with E-state index in [-0.39, 0.29) is 5.91 Å². The zero-order chi connectivity index (χ0) is 22.5. The van der Waals surface area contributed by atoms with Gasteiger partial charge in [0.25, 0.3) is 0 Å².